The van der Waals surface area contributed by atoms with E-state index in [1.807, 2.05) is 11.3 Å². The average molecular weight is 695 g/mol. The van der Waals surface area contributed by atoms with Gasteiger partial charge in [-0.15, -0.1) is 40.5 Å². The third-order valence-electron chi connectivity index (χ3n) is 6.31. The Morgan fingerprint density at radius 1 is 0.921 bits per heavy atom. The van der Waals surface area contributed by atoms with Gasteiger partial charge in [0.15, 0.2) is 5.78 Å². The Balaban J connectivity index is 0.000000375. The molecular formula is C33H28IrNO2S-. The Hall–Kier alpha value is -3.37. The summed E-state index contributed by atoms with van der Waals surface area (Å²) >= 11 is 1.84. The number of hydrogen-bond donors (Lipinski definition) is 1. The topological polar surface area (TPSA) is 50.2 Å². The number of aliphatic hydroxyl groups is 1. The molecule has 1 radical (unpaired) electrons. The number of rotatable bonds is 3. The number of pyridine rings is 1. The van der Waals surface area contributed by atoms with E-state index in [9.17, 15) is 4.79 Å². The molecule has 0 saturated carbocycles. The largest absolute Gasteiger partial charge is 0.512 e. The molecule has 0 atom stereocenters. The van der Waals surface area contributed by atoms with Gasteiger partial charge in [0.25, 0.3) is 0 Å². The van der Waals surface area contributed by atoms with Gasteiger partial charge in [-0.05, 0) is 31.9 Å². The maximum Gasteiger partial charge on any atom is 0.155 e. The summed E-state index contributed by atoms with van der Waals surface area (Å²) in [6, 6.07) is 31.7. The average Bonchev–Trinajstić information content (AvgIpc) is 3.27. The van der Waals surface area contributed by atoms with Crippen LogP contribution in [0.3, 0.4) is 0 Å². The van der Waals surface area contributed by atoms with Crippen LogP contribution >= 0.6 is 11.3 Å². The maximum atomic E-state index is 10.0. The summed E-state index contributed by atoms with van der Waals surface area (Å²) in [5, 5.41) is 14.6. The van der Waals surface area contributed by atoms with Crippen molar-refractivity contribution < 1.29 is 30.0 Å². The summed E-state index contributed by atoms with van der Waals surface area (Å²) in [5.41, 5.74) is 4.51. The quantitative estimate of drug-likeness (QED) is 0.114. The molecule has 0 bridgehead atoms. The molecule has 3 nitrogen and oxygen atoms in total. The zero-order valence-corrected chi connectivity index (χ0v) is 24.9. The molecule has 193 valence electrons. The summed E-state index contributed by atoms with van der Waals surface area (Å²) in [6.45, 7) is 7.37. The first kappa shape index (κ1) is 27.7. The van der Waals surface area contributed by atoms with Crippen LogP contribution in [-0.2, 0) is 24.9 Å². The van der Waals surface area contributed by atoms with Crippen LogP contribution in [0.2, 0.25) is 0 Å². The first-order valence-electron chi connectivity index (χ1n) is 12.4. The van der Waals surface area contributed by atoms with Gasteiger partial charge in [-0.2, -0.15) is 0 Å². The summed E-state index contributed by atoms with van der Waals surface area (Å²) in [6.07, 6.45) is 1.17. The van der Waals surface area contributed by atoms with Crippen LogP contribution in [-0.4, -0.2) is 15.9 Å². The molecule has 2 heterocycles. The number of hydrogen-bond acceptors (Lipinski definition) is 4. The summed E-state index contributed by atoms with van der Waals surface area (Å²) in [7, 11) is 0. The van der Waals surface area contributed by atoms with Crippen molar-refractivity contribution in [2.24, 2.45) is 0 Å². The fourth-order valence-electron chi connectivity index (χ4n) is 4.77. The third-order valence-corrected chi connectivity index (χ3v) is 7.49. The predicted octanol–water partition coefficient (Wildman–Crippen LogP) is 9.38. The standard InChI is InChI=1S/C28H20NS.C5H8O2.Ir/c1-17(2)23-16-19(15-18-9-3-4-10-20(18)23)27-28-26(21-11-5-7-13-24(21)29-27)22-12-6-8-14-25(22)30-28;1-4(6)3-5(2)7;/h3-14,16-17H,1-2H3;3,6H,1-2H3;/q-1;;/b;4-3-;. The number of carbonyl (C=O) groups is 1. The minimum Gasteiger partial charge on any atom is -0.512 e. The van der Waals surface area contributed by atoms with Crippen molar-refractivity contribution >= 4 is 59.0 Å². The van der Waals surface area contributed by atoms with E-state index in [-0.39, 0.29) is 31.6 Å². The minimum absolute atomic E-state index is 0. The number of fused-ring (bicyclic) bond motifs is 6. The van der Waals surface area contributed by atoms with Crippen LogP contribution < -0.4 is 0 Å². The fourth-order valence-corrected chi connectivity index (χ4v) is 5.99. The van der Waals surface area contributed by atoms with E-state index in [2.05, 4.69) is 98.8 Å². The second-order valence-electron chi connectivity index (χ2n) is 9.51. The second-order valence-corrected chi connectivity index (χ2v) is 10.6. The zero-order valence-electron chi connectivity index (χ0n) is 21.7. The Morgan fingerprint density at radius 2 is 1.55 bits per heavy atom. The van der Waals surface area contributed by atoms with Crippen LogP contribution in [0.25, 0.3) is 53.1 Å². The van der Waals surface area contributed by atoms with E-state index < -0.39 is 0 Å². The van der Waals surface area contributed by atoms with Gasteiger partial charge in [-0.1, -0.05) is 79.4 Å². The first-order chi connectivity index (χ1) is 17.8. The molecule has 0 aliphatic heterocycles. The maximum absolute atomic E-state index is 10.0. The summed E-state index contributed by atoms with van der Waals surface area (Å²) in [4.78, 5) is 15.2. The molecule has 5 heteroatoms. The number of ketones is 1. The van der Waals surface area contributed by atoms with Crippen molar-refractivity contribution in [1.82, 2.24) is 4.98 Å². The molecule has 0 spiro atoms. The van der Waals surface area contributed by atoms with Gasteiger partial charge in [0, 0.05) is 57.4 Å². The molecule has 2 aromatic heterocycles. The number of carbonyl (C=O) groups excluding carboxylic acids is 1. The number of allylic oxidation sites excluding steroid dienone is 2. The molecule has 6 aromatic rings. The molecule has 4 aromatic carbocycles. The van der Waals surface area contributed by atoms with Crippen molar-refractivity contribution in [2.45, 2.75) is 33.6 Å². The van der Waals surface area contributed by atoms with Gasteiger partial charge in [-0.25, -0.2) is 0 Å². The van der Waals surface area contributed by atoms with Crippen molar-refractivity contribution in [3.05, 3.63) is 102 Å². The SMILES string of the molecule is CC(=O)/C=C(/C)O.CC(C)c1cc(-c2nc3ccccc3c3c2sc2ccccc23)[c-]c2ccccc12.[Ir]. The van der Waals surface area contributed by atoms with E-state index in [1.54, 1.807) is 0 Å². The normalized spacial score (nSPS) is 11.6. The van der Waals surface area contributed by atoms with Crippen LogP contribution in [0.4, 0.5) is 0 Å². The van der Waals surface area contributed by atoms with Crippen molar-refractivity contribution in [3.63, 3.8) is 0 Å². The van der Waals surface area contributed by atoms with Gasteiger partial charge in [0.05, 0.1) is 11.3 Å². The number of aromatic nitrogens is 1. The van der Waals surface area contributed by atoms with Gasteiger partial charge in [-0.3, -0.25) is 9.78 Å². The van der Waals surface area contributed by atoms with E-state index in [0.29, 0.717) is 5.92 Å². The Labute approximate surface area is 240 Å². The Kier molecular flexibility index (Phi) is 8.42. The van der Waals surface area contributed by atoms with Crippen molar-refractivity contribution in [2.75, 3.05) is 0 Å². The number of aliphatic hydroxyl groups excluding tert-OH is 1. The molecule has 1 N–H and O–H groups in total. The number of thiophene rings is 1. The van der Waals surface area contributed by atoms with E-state index in [1.165, 1.54) is 56.4 Å². The van der Waals surface area contributed by atoms with Crippen molar-refractivity contribution in [1.29, 1.82) is 0 Å². The van der Waals surface area contributed by atoms with Gasteiger partial charge in [0.1, 0.15) is 0 Å². The zero-order chi connectivity index (χ0) is 26.1. The number of para-hydroxylation sites is 1. The number of benzene rings is 4. The van der Waals surface area contributed by atoms with Gasteiger partial charge in [0.2, 0.25) is 0 Å². The van der Waals surface area contributed by atoms with Gasteiger partial charge >= 0.3 is 0 Å². The summed E-state index contributed by atoms with van der Waals surface area (Å²) in [5.74, 6) is 0.370. The molecule has 38 heavy (non-hydrogen) atoms. The first-order valence-corrected chi connectivity index (χ1v) is 13.2. The Morgan fingerprint density at radius 3 is 2.21 bits per heavy atom. The molecule has 0 amide bonds. The molecule has 6 rings (SSSR count). The minimum atomic E-state index is -0.125. The van der Waals surface area contributed by atoms with Crippen LogP contribution in [0.5, 0.6) is 0 Å². The van der Waals surface area contributed by atoms with Crippen molar-refractivity contribution in [3.8, 4) is 11.3 Å². The number of nitrogens with zero attached hydrogens (tertiary/aromatic N) is 1. The molecule has 0 aliphatic rings. The van der Waals surface area contributed by atoms with Crippen LogP contribution in [0, 0.1) is 6.07 Å². The molecule has 0 saturated heterocycles. The molecule has 0 unspecified atom stereocenters. The van der Waals surface area contributed by atoms with Crippen LogP contribution in [0.15, 0.2) is 90.7 Å². The smallest absolute Gasteiger partial charge is 0.155 e. The summed E-state index contributed by atoms with van der Waals surface area (Å²) < 4.78 is 2.55. The van der Waals surface area contributed by atoms with E-state index in [0.717, 1.165) is 22.2 Å². The fraction of sp³-hybridized carbons (Fsp3) is 0.152. The third kappa shape index (κ3) is 5.42. The van der Waals surface area contributed by atoms with Gasteiger partial charge < -0.3 is 5.11 Å². The monoisotopic (exact) mass is 695 g/mol. The molecule has 0 fully saturated rings. The van der Waals surface area contributed by atoms with E-state index in [4.69, 9.17) is 10.1 Å². The van der Waals surface area contributed by atoms with Crippen LogP contribution in [0.1, 0.15) is 39.2 Å². The van der Waals surface area contributed by atoms with E-state index >= 15 is 0 Å². The molecule has 0 aliphatic carbocycles. The molecular weight excluding hydrogens is 667 g/mol. The predicted molar refractivity (Wildman–Crippen MR) is 158 cm³/mol. The Bertz CT molecular complexity index is 1810. The second kappa shape index (κ2) is 11.6.